The van der Waals surface area contributed by atoms with Crippen LogP contribution in [0, 0.1) is 0 Å². The van der Waals surface area contributed by atoms with Gasteiger partial charge in [-0.05, 0) is 24.1 Å². The molecule has 0 aliphatic carbocycles. The first-order chi connectivity index (χ1) is 16.7. The number of benzene rings is 2. The zero-order valence-corrected chi connectivity index (χ0v) is 19.2. The maximum Gasteiger partial charge on any atom is 0.291 e. The first-order valence-electron chi connectivity index (χ1n) is 10.2. The highest BCUT2D eigenvalue weighted by Crippen LogP contribution is 2.50. The van der Waals surface area contributed by atoms with Gasteiger partial charge in [0.25, 0.3) is 11.7 Å². The molecule has 0 saturated carbocycles. The Morgan fingerprint density at radius 1 is 0.917 bits per heavy atom. The number of aliphatic hydroxyl groups is 4. The predicted octanol–water partition coefficient (Wildman–Crippen LogP) is -0.957. The summed E-state index contributed by atoms with van der Waals surface area (Å²) in [5, 5.41) is 94.7. The minimum atomic E-state index is -2.92. The molecule has 0 fully saturated rings. The highest BCUT2D eigenvalue weighted by atomic mass is 32.1. The Morgan fingerprint density at radius 3 is 2.00 bits per heavy atom. The van der Waals surface area contributed by atoms with Gasteiger partial charge in [0.05, 0.1) is 0 Å². The van der Waals surface area contributed by atoms with E-state index in [2.05, 4.69) is 15.6 Å². The Balaban J connectivity index is 1.58. The molecule has 2 aromatic carbocycles. The molecular weight excluding hydrogens is 500 g/mol. The zero-order chi connectivity index (χ0) is 26.8. The smallest absolute Gasteiger partial charge is 0.291 e. The second-order valence-corrected chi connectivity index (χ2v) is 8.68. The van der Waals surface area contributed by atoms with Crippen LogP contribution in [-0.4, -0.2) is 69.3 Å². The molecule has 3 aromatic rings. The summed E-state index contributed by atoms with van der Waals surface area (Å²) >= 11 is 0.926. The first-order valence-corrected chi connectivity index (χ1v) is 11.0. The molecule has 0 radical (unpaired) electrons. The van der Waals surface area contributed by atoms with E-state index in [0.29, 0.717) is 5.56 Å². The SMILES string of the molecule is Nc1nc(C(O)(O)C(=O)Nc2ccc(CC(O)(O)NCCc3c(O)c(O)c(O)c(O)c3O)cc2)cs1. The van der Waals surface area contributed by atoms with Crippen molar-refractivity contribution in [2.24, 2.45) is 0 Å². The van der Waals surface area contributed by atoms with Crippen molar-refractivity contribution in [3.8, 4) is 28.7 Å². The van der Waals surface area contributed by atoms with Crippen molar-refractivity contribution in [3.63, 3.8) is 0 Å². The molecule has 0 aliphatic rings. The summed E-state index contributed by atoms with van der Waals surface area (Å²) in [5.41, 5.74) is 5.33. The average Bonchev–Trinajstić information content (AvgIpc) is 3.27. The lowest BCUT2D eigenvalue weighted by atomic mass is 10.1. The van der Waals surface area contributed by atoms with Crippen molar-refractivity contribution in [3.05, 3.63) is 46.5 Å². The molecule has 0 bridgehead atoms. The van der Waals surface area contributed by atoms with Gasteiger partial charge in [0.15, 0.2) is 16.6 Å². The van der Waals surface area contributed by atoms with E-state index in [1.165, 1.54) is 29.6 Å². The monoisotopic (exact) mass is 524 g/mol. The molecule has 15 heteroatoms. The van der Waals surface area contributed by atoms with Crippen LogP contribution in [0.4, 0.5) is 10.8 Å². The lowest BCUT2D eigenvalue weighted by molar-refractivity contribution is -0.185. The van der Waals surface area contributed by atoms with Gasteiger partial charge in [-0.3, -0.25) is 10.1 Å². The predicted molar refractivity (Wildman–Crippen MR) is 125 cm³/mol. The van der Waals surface area contributed by atoms with Crippen LogP contribution in [0.15, 0.2) is 29.6 Å². The van der Waals surface area contributed by atoms with Gasteiger partial charge >= 0.3 is 0 Å². The fourth-order valence-electron chi connectivity index (χ4n) is 3.19. The molecule has 0 spiro atoms. The Morgan fingerprint density at radius 2 is 1.47 bits per heavy atom. The van der Waals surface area contributed by atoms with E-state index < -0.39 is 46.4 Å². The number of anilines is 2. The van der Waals surface area contributed by atoms with E-state index in [1.807, 2.05) is 0 Å². The van der Waals surface area contributed by atoms with Crippen molar-refractivity contribution in [1.82, 2.24) is 10.3 Å². The van der Waals surface area contributed by atoms with Crippen LogP contribution in [0.2, 0.25) is 0 Å². The zero-order valence-electron chi connectivity index (χ0n) is 18.4. The average molecular weight is 525 g/mol. The first kappa shape index (κ1) is 26.7. The summed E-state index contributed by atoms with van der Waals surface area (Å²) < 4.78 is 0. The van der Waals surface area contributed by atoms with Gasteiger partial charge in [-0.2, -0.15) is 0 Å². The molecule has 0 aliphatic heterocycles. The number of phenolic OH excluding ortho intramolecular Hbond substituents is 5. The van der Waals surface area contributed by atoms with Crippen molar-refractivity contribution >= 4 is 28.1 Å². The number of phenols is 5. The molecule has 0 unspecified atom stereocenters. The van der Waals surface area contributed by atoms with Gasteiger partial charge in [-0.25, -0.2) is 4.98 Å². The van der Waals surface area contributed by atoms with Crippen molar-refractivity contribution in [2.45, 2.75) is 24.5 Å². The largest absolute Gasteiger partial charge is 0.504 e. The molecule has 14 nitrogen and oxygen atoms in total. The van der Waals surface area contributed by atoms with E-state index in [4.69, 9.17) is 5.73 Å². The number of carbonyl (C=O) groups excluding carboxylic acids is 1. The van der Waals surface area contributed by atoms with Gasteiger partial charge in [0.1, 0.15) is 5.69 Å². The van der Waals surface area contributed by atoms with Gasteiger partial charge < -0.3 is 57.0 Å². The fraction of sp³-hybridized carbons (Fsp3) is 0.238. The van der Waals surface area contributed by atoms with Gasteiger partial charge in [-0.15, -0.1) is 11.3 Å². The number of hydrogen-bond acceptors (Lipinski definition) is 14. The number of nitrogens with zero attached hydrogens (tertiary/aromatic N) is 1. The number of nitrogens with two attached hydrogens (primary N) is 1. The molecule has 1 amide bonds. The molecule has 0 atom stereocenters. The van der Waals surface area contributed by atoms with Gasteiger partial charge in [0.2, 0.25) is 23.2 Å². The van der Waals surface area contributed by atoms with Crippen LogP contribution < -0.4 is 16.4 Å². The van der Waals surface area contributed by atoms with Crippen LogP contribution in [0.5, 0.6) is 28.7 Å². The summed E-state index contributed by atoms with van der Waals surface area (Å²) in [6, 6.07) is 5.63. The molecule has 0 saturated heterocycles. The number of carbonyl (C=O) groups is 1. The topological polar surface area (TPSA) is 262 Å². The molecule has 1 heterocycles. The summed E-state index contributed by atoms with van der Waals surface area (Å²) in [4.78, 5) is 15.9. The number of aromatic hydroxyl groups is 5. The molecule has 194 valence electrons. The number of rotatable bonds is 9. The highest BCUT2D eigenvalue weighted by Gasteiger charge is 2.38. The summed E-state index contributed by atoms with van der Waals surface area (Å²) in [7, 11) is 0. The van der Waals surface area contributed by atoms with Crippen LogP contribution in [-0.2, 0) is 23.4 Å². The van der Waals surface area contributed by atoms with Crippen LogP contribution in [0.1, 0.15) is 16.8 Å². The Hall–Kier alpha value is -3.86. The van der Waals surface area contributed by atoms with Gasteiger partial charge in [-0.1, -0.05) is 12.1 Å². The normalized spacial score (nSPS) is 12.0. The summed E-state index contributed by atoms with van der Waals surface area (Å²) in [6.07, 6.45) is -0.630. The minimum Gasteiger partial charge on any atom is -0.504 e. The molecule has 3 rings (SSSR count). The van der Waals surface area contributed by atoms with E-state index >= 15 is 0 Å². The molecular formula is C21H24N4O10S. The van der Waals surface area contributed by atoms with E-state index in [1.54, 1.807) is 0 Å². The van der Waals surface area contributed by atoms with E-state index in [0.717, 1.165) is 11.3 Å². The molecule has 36 heavy (non-hydrogen) atoms. The lowest BCUT2D eigenvalue weighted by Gasteiger charge is -2.24. The summed E-state index contributed by atoms with van der Waals surface area (Å²) in [5.74, 6) is -11.5. The van der Waals surface area contributed by atoms with Crippen LogP contribution in [0.25, 0.3) is 0 Å². The second kappa shape index (κ2) is 10.0. The van der Waals surface area contributed by atoms with Crippen molar-refractivity contribution in [2.75, 3.05) is 17.6 Å². The maximum atomic E-state index is 12.2. The third kappa shape index (κ3) is 5.68. The number of amides is 1. The number of thiazole rings is 1. The third-order valence-electron chi connectivity index (χ3n) is 5.11. The third-order valence-corrected chi connectivity index (χ3v) is 5.78. The quantitative estimate of drug-likeness (QED) is 0.0915. The molecule has 1 aromatic heterocycles. The lowest BCUT2D eigenvalue weighted by Crippen LogP contribution is -2.47. The van der Waals surface area contributed by atoms with Crippen molar-refractivity contribution < 1.29 is 50.8 Å². The minimum absolute atomic E-state index is 0.0488. The Labute approximate surface area is 206 Å². The Kier molecular flexibility index (Phi) is 7.44. The standard InChI is InChI=1S/C21H24N4O10S/c22-19-25-12(8-36-19)21(34,35)18(31)24-10-3-1-9(2-4-10)7-20(32,33)23-6-5-11-13(26)15(28)17(30)16(29)14(11)27/h1-4,8,23,26-30,32-35H,5-7H2,(H2,22,25)(H,24,31). The highest BCUT2D eigenvalue weighted by molar-refractivity contribution is 7.13. The number of nitrogens with one attached hydrogen (secondary N) is 2. The molecule has 13 N–H and O–H groups in total. The summed E-state index contributed by atoms with van der Waals surface area (Å²) in [6.45, 7) is -0.248. The van der Waals surface area contributed by atoms with Crippen molar-refractivity contribution in [1.29, 1.82) is 0 Å². The van der Waals surface area contributed by atoms with Crippen LogP contribution in [0.3, 0.4) is 0 Å². The van der Waals surface area contributed by atoms with Crippen LogP contribution >= 0.6 is 11.3 Å². The fourth-order valence-corrected chi connectivity index (χ4v) is 3.79. The number of hydrogen-bond donors (Lipinski definition) is 12. The van der Waals surface area contributed by atoms with E-state index in [-0.39, 0.29) is 41.5 Å². The number of nitrogen functional groups attached to an aromatic ring is 1. The second-order valence-electron chi connectivity index (χ2n) is 7.79. The van der Waals surface area contributed by atoms with Gasteiger partial charge in [0, 0.05) is 29.6 Å². The maximum absolute atomic E-state index is 12.2. The number of aromatic nitrogens is 1. The van der Waals surface area contributed by atoms with E-state index in [9.17, 15) is 50.8 Å². The Bertz CT molecular complexity index is 1230.